The second-order valence-corrected chi connectivity index (χ2v) is 28.1. The number of nitrogens with one attached hydrogen (secondary N) is 4. The van der Waals surface area contributed by atoms with Crippen molar-refractivity contribution in [1.29, 1.82) is 0 Å². The number of carbonyl (C=O) groups excluding carboxylic acids is 2. The molecule has 592 valence electrons. The fourth-order valence-corrected chi connectivity index (χ4v) is 10.7. The lowest BCUT2D eigenvalue weighted by molar-refractivity contribution is 0.0227. The maximum Gasteiger partial charge on any atom is 0.410 e. The highest BCUT2D eigenvalue weighted by Crippen LogP contribution is 2.35. The van der Waals surface area contributed by atoms with Crippen molar-refractivity contribution in [3.63, 3.8) is 0 Å². The van der Waals surface area contributed by atoms with Crippen molar-refractivity contribution in [2.75, 3.05) is 76.5 Å². The molecule has 6 aromatic carbocycles. The number of fused-ring (bicyclic) bond motifs is 3. The molecule has 0 aliphatic carbocycles. The summed E-state index contributed by atoms with van der Waals surface area (Å²) < 4.78 is 22.4. The Labute approximate surface area is 682 Å². The topological polar surface area (TPSA) is 314 Å². The predicted octanol–water partition coefficient (Wildman–Crippen LogP) is 16.9. The lowest BCUT2D eigenvalue weighted by Crippen LogP contribution is -2.35. The first kappa shape index (κ1) is 85.9. The number of benzene rings is 6. The molecule has 115 heavy (non-hydrogen) atoms. The number of halogens is 3. The summed E-state index contributed by atoms with van der Waals surface area (Å²) in [6, 6.07) is 40.2. The number of hydrogen-bond acceptors (Lipinski definition) is 25. The molecule has 0 atom stereocenters. The number of hydrogen-bond donors (Lipinski definition) is 5. The molecule has 5 aromatic heterocycles. The van der Waals surface area contributed by atoms with Gasteiger partial charge in [-0.25, -0.2) is 39.5 Å². The molecular formula is C85H86Cl3N17O10. The third-order valence-electron chi connectivity index (χ3n) is 15.6. The Hall–Kier alpha value is -13.1. The zero-order valence-electron chi connectivity index (χ0n) is 65.5. The molecule has 11 aromatic rings. The molecule has 0 unspecified atom stereocenters. The van der Waals surface area contributed by atoms with Crippen molar-refractivity contribution in [3.8, 4) is 52.8 Å². The van der Waals surface area contributed by atoms with Gasteiger partial charge < -0.3 is 69.6 Å². The molecule has 5 heterocycles. The van der Waals surface area contributed by atoms with Crippen LogP contribution in [-0.4, -0.2) is 156 Å². The first-order chi connectivity index (χ1) is 55.4. The molecule has 27 nitrogen and oxygen atoms in total. The van der Waals surface area contributed by atoms with E-state index in [0.717, 1.165) is 60.8 Å². The third-order valence-corrected chi connectivity index (χ3v) is 16.5. The Morgan fingerprint density at radius 1 is 0.478 bits per heavy atom. The van der Waals surface area contributed by atoms with Gasteiger partial charge in [0.15, 0.2) is 17.1 Å². The van der Waals surface area contributed by atoms with Crippen molar-refractivity contribution < 1.29 is 48.2 Å². The lowest BCUT2D eigenvalue weighted by atomic mass is 10.1. The number of rotatable bonds is 27. The minimum Gasteiger partial charge on any atom is -0.506 e. The van der Waals surface area contributed by atoms with Crippen LogP contribution in [0.1, 0.15) is 90.1 Å². The summed E-state index contributed by atoms with van der Waals surface area (Å²) in [6.07, 6.45) is 10.5. The largest absolute Gasteiger partial charge is 0.506 e. The van der Waals surface area contributed by atoms with Gasteiger partial charge >= 0.3 is 12.2 Å². The van der Waals surface area contributed by atoms with Crippen molar-refractivity contribution in [2.45, 2.75) is 86.7 Å². The van der Waals surface area contributed by atoms with Crippen LogP contribution < -0.4 is 30.7 Å². The average molecular weight is 1610 g/mol. The predicted molar refractivity (Wildman–Crippen MR) is 451 cm³/mol. The first-order valence-electron chi connectivity index (χ1n) is 36.0. The van der Waals surface area contributed by atoms with Crippen molar-refractivity contribution in [3.05, 3.63) is 220 Å². The summed E-state index contributed by atoms with van der Waals surface area (Å²) in [5.41, 5.74) is 8.72. The van der Waals surface area contributed by atoms with Gasteiger partial charge in [0.05, 0.1) is 44.7 Å². The van der Waals surface area contributed by atoms with Crippen molar-refractivity contribution in [1.82, 2.24) is 55.0 Å². The van der Waals surface area contributed by atoms with Gasteiger partial charge in [0.1, 0.15) is 97.9 Å². The highest BCUT2D eigenvalue weighted by Gasteiger charge is 2.22. The molecule has 0 fully saturated rings. The number of phenols is 1. The van der Waals surface area contributed by atoms with Crippen LogP contribution in [0.5, 0.6) is 17.2 Å². The lowest BCUT2D eigenvalue weighted by Gasteiger charge is -2.24. The number of ether oxygens (including phenoxy) is 4. The van der Waals surface area contributed by atoms with E-state index in [2.05, 4.69) is 112 Å². The van der Waals surface area contributed by atoms with E-state index >= 15 is 0 Å². The van der Waals surface area contributed by atoms with Gasteiger partial charge in [-0.3, -0.25) is 9.97 Å². The average Bonchev–Trinajstić information content (AvgIpc) is 0.809. The fraction of sp³-hybridized carbons (Fsp3) is 0.259. The van der Waals surface area contributed by atoms with Gasteiger partial charge in [-0.15, -0.1) is 0 Å². The summed E-state index contributed by atoms with van der Waals surface area (Å²) in [4.78, 5) is 78.1. The highest BCUT2D eigenvalue weighted by molar-refractivity contribution is 6.33. The second-order valence-electron chi connectivity index (χ2n) is 26.8. The van der Waals surface area contributed by atoms with Gasteiger partial charge in [-0.2, -0.15) is 0 Å². The molecule has 2 amide bonds. The zero-order chi connectivity index (χ0) is 82.3. The van der Waals surface area contributed by atoms with Crippen LogP contribution in [0.15, 0.2) is 193 Å². The molecular weight excluding hydrogens is 1530 g/mol. The number of aromatic hydroxyl groups is 1. The number of likely N-dealkylation sites (N-methyl/N-ethyl adjacent to an activating group) is 3. The molecule has 0 aliphatic heterocycles. The number of carbonyl (C=O) groups is 2. The van der Waals surface area contributed by atoms with E-state index in [1.807, 2.05) is 146 Å². The Morgan fingerprint density at radius 2 is 0.843 bits per heavy atom. The van der Waals surface area contributed by atoms with Crippen LogP contribution in [0.3, 0.4) is 0 Å². The maximum absolute atomic E-state index is 12.2. The van der Waals surface area contributed by atoms with Gasteiger partial charge in [-0.05, 0) is 208 Å². The number of aromatic nitrogens is 8. The number of anilines is 6. The number of amides is 2. The number of oxime groups is 3. The minimum atomic E-state index is -0.577. The van der Waals surface area contributed by atoms with E-state index in [0.29, 0.717) is 112 Å². The fourth-order valence-electron chi connectivity index (χ4n) is 10.1. The van der Waals surface area contributed by atoms with E-state index in [9.17, 15) is 14.7 Å². The second kappa shape index (κ2) is 42.5. The Balaban J connectivity index is 0.000000198. The number of pyridine rings is 2. The normalized spacial score (nSPS) is 11.3. The van der Waals surface area contributed by atoms with Crippen LogP contribution in [-0.2, 0) is 37.2 Å². The molecule has 0 radical (unpaired) electrons. The van der Waals surface area contributed by atoms with Gasteiger partial charge in [0.25, 0.3) is 0 Å². The van der Waals surface area contributed by atoms with Crippen LogP contribution in [0.4, 0.5) is 44.1 Å². The van der Waals surface area contributed by atoms with E-state index in [1.54, 1.807) is 90.0 Å². The first-order valence-corrected chi connectivity index (χ1v) is 37.1. The summed E-state index contributed by atoms with van der Waals surface area (Å²) >= 11 is 19.0. The van der Waals surface area contributed by atoms with E-state index < -0.39 is 23.4 Å². The maximum atomic E-state index is 12.2. The van der Waals surface area contributed by atoms with Gasteiger partial charge in [0.2, 0.25) is 0 Å². The third kappa shape index (κ3) is 26.8. The number of nitrogens with zero attached hydrogens (tertiary/aromatic N) is 13. The van der Waals surface area contributed by atoms with E-state index in [4.69, 9.17) is 68.3 Å². The molecule has 0 saturated heterocycles. The Bertz CT molecular complexity index is 5480. The van der Waals surface area contributed by atoms with Crippen molar-refractivity contribution in [2.24, 2.45) is 15.5 Å². The molecule has 0 bridgehead atoms. The van der Waals surface area contributed by atoms with Gasteiger partial charge in [0, 0.05) is 106 Å². The van der Waals surface area contributed by atoms with Crippen LogP contribution >= 0.6 is 34.8 Å². The Morgan fingerprint density at radius 3 is 1.17 bits per heavy atom. The van der Waals surface area contributed by atoms with E-state index in [-0.39, 0.29) is 24.0 Å². The summed E-state index contributed by atoms with van der Waals surface area (Å²) in [6.45, 7) is 18.8. The number of phenolic OH excluding ortho intramolecular Hbond substituents is 1. The van der Waals surface area contributed by atoms with Crippen molar-refractivity contribution >= 4 is 131 Å². The highest BCUT2D eigenvalue weighted by atomic mass is 35.5. The smallest absolute Gasteiger partial charge is 0.410 e. The van der Waals surface area contributed by atoms with E-state index in [1.165, 1.54) is 34.8 Å². The molecule has 0 spiro atoms. The zero-order valence-corrected chi connectivity index (χ0v) is 67.7. The molecule has 0 aliphatic rings. The van der Waals surface area contributed by atoms with Crippen LogP contribution in [0, 0.1) is 35.5 Å². The molecule has 30 heteroatoms. The minimum absolute atomic E-state index is 0.00618. The summed E-state index contributed by atoms with van der Waals surface area (Å²) in [5.74, 6) is 20.4. The quantitative estimate of drug-likeness (QED) is 0.0105. The Kier molecular flexibility index (Phi) is 31.8. The van der Waals surface area contributed by atoms with Crippen LogP contribution in [0.25, 0.3) is 32.7 Å². The monoisotopic (exact) mass is 1610 g/mol. The molecule has 0 saturated carbocycles. The molecule has 11 rings (SSSR count). The van der Waals surface area contributed by atoms with Crippen LogP contribution in [0.2, 0.25) is 15.1 Å². The standard InChI is InChI=1S/C32H33ClN6O4.C27H25ClN6O2.C26H28ClN5O4/c1-6-8-27(38-42-16-15-39(5)31(40)43-32(2,3)4)23-10-12-28-25(17-23)30(36-21-35-28)37-24-11-13-29(26(33)18-24)41-20-22-9-7-14-34-19-22;1-3-5-24(34-36-13-12-29-2)20-7-9-25-22(14-20)27(32-18-31-25)33-21-8-10-26(23(28)15-21)35-17-19-6-4-11-30-16-19;1-6-7-21(31-35-13-12-32(5)25(34)36-26(2,3)4)17-8-10-22-19(14-17)24(29-16-28-22)30-18-9-11-23(33)20(27)15-18/h7,9-14,17-19,21H,15-16,20H2,1-5H3,(H,35,36,37);4,6-11,14-16,18,29H,12-13,17H2,1-2H3,(H,31,32,33);8-11,14-16,33H,12-13H2,1-5H3,(H,28,29,30)/b38-27+;34-24+;31-21+. The summed E-state index contributed by atoms with van der Waals surface area (Å²) in [5, 5.41) is 38.6. The summed E-state index contributed by atoms with van der Waals surface area (Å²) in [7, 11) is 5.13. The SMILES string of the molecule is CC#C/C(=N\OCCN(C)C(=O)OC(C)(C)C)c1ccc2ncnc(Nc3ccc(O)c(Cl)c3)c2c1.CC#C/C(=N\OCCN(C)C(=O)OC(C)(C)C)c1ccc2ncnc(Nc3ccc(OCc4cccnc4)c(Cl)c3)c2c1.CC#C/C(=N\OCCNC)c1ccc2ncnc(Nc3ccc(OCc4cccnc4)c(Cl)c3)c2c1. The van der Waals surface area contributed by atoms with Gasteiger partial charge in [-0.1, -0.05) is 80.2 Å². The molecule has 5 N–H and O–H groups in total.